The van der Waals surface area contributed by atoms with E-state index in [9.17, 15) is 13.2 Å². The summed E-state index contributed by atoms with van der Waals surface area (Å²) in [5, 5.41) is 3.33. The fourth-order valence-corrected chi connectivity index (χ4v) is 1.66. The van der Waals surface area contributed by atoms with Gasteiger partial charge in [0.15, 0.2) is 0 Å². The molecule has 1 aromatic rings. The van der Waals surface area contributed by atoms with Crippen molar-refractivity contribution in [2.24, 2.45) is 0 Å². The Bertz CT molecular complexity index is 453. The molecule has 1 aromatic carbocycles. The first-order valence-corrected chi connectivity index (χ1v) is 6.75. The molecule has 0 aliphatic rings. The lowest BCUT2D eigenvalue weighted by atomic mass is 10.1. The summed E-state index contributed by atoms with van der Waals surface area (Å²) in [4.78, 5) is 0. The summed E-state index contributed by atoms with van der Waals surface area (Å²) in [6, 6.07) is 5.59. The van der Waals surface area contributed by atoms with Crippen LogP contribution >= 0.6 is 0 Å². The van der Waals surface area contributed by atoms with Crippen molar-refractivity contribution in [1.82, 2.24) is 5.32 Å². The zero-order valence-corrected chi connectivity index (χ0v) is 12.8. The Balaban J connectivity index is 2.60. The quantitative estimate of drug-likeness (QED) is 0.811. The molecular weight excluding hydrogens is 283 g/mol. The lowest BCUT2D eigenvalue weighted by Gasteiger charge is -2.22. The normalized spacial score (nSPS) is 12.5. The summed E-state index contributed by atoms with van der Waals surface area (Å²) in [5.41, 5.74) is 1.93. The third kappa shape index (κ3) is 7.92. The van der Waals surface area contributed by atoms with Crippen LogP contribution in [0.25, 0.3) is 0 Å². The predicted molar refractivity (Wildman–Crippen MR) is 75.3 cm³/mol. The average molecular weight is 305 g/mol. The van der Waals surface area contributed by atoms with Crippen LogP contribution in [0.1, 0.15) is 31.9 Å². The Hall–Kier alpha value is -1.27. The molecule has 0 radical (unpaired) electrons. The summed E-state index contributed by atoms with van der Waals surface area (Å²) < 4.78 is 44.7. The van der Waals surface area contributed by atoms with Crippen molar-refractivity contribution in [1.29, 1.82) is 0 Å². The molecule has 0 saturated heterocycles. The van der Waals surface area contributed by atoms with Crippen molar-refractivity contribution in [2.75, 3.05) is 13.2 Å². The van der Waals surface area contributed by atoms with Gasteiger partial charge in [-0.15, -0.1) is 13.2 Å². The van der Waals surface area contributed by atoms with Crippen LogP contribution in [0.2, 0.25) is 0 Å². The number of aryl methyl sites for hydroxylation is 1. The standard InChI is InChI=1S/C15H22F3NO2/c1-11-5-6-13(20-7-8-21-15(16,17)18)12(9-11)10-19-14(2,3)4/h5-6,9,19H,7-8,10H2,1-4H3. The Morgan fingerprint density at radius 1 is 1.10 bits per heavy atom. The third-order valence-corrected chi connectivity index (χ3v) is 2.63. The molecule has 0 spiro atoms. The minimum absolute atomic E-state index is 0.0551. The summed E-state index contributed by atoms with van der Waals surface area (Å²) >= 11 is 0. The van der Waals surface area contributed by atoms with E-state index in [1.54, 1.807) is 6.07 Å². The van der Waals surface area contributed by atoms with Crippen LogP contribution < -0.4 is 10.1 Å². The monoisotopic (exact) mass is 305 g/mol. The van der Waals surface area contributed by atoms with Gasteiger partial charge in [-0.3, -0.25) is 4.74 Å². The maximum atomic E-state index is 11.9. The molecule has 0 unspecified atom stereocenters. The highest BCUT2D eigenvalue weighted by atomic mass is 19.4. The second kappa shape index (κ2) is 7.13. The number of halogens is 3. The Morgan fingerprint density at radius 2 is 1.76 bits per heavy atom. The SMILES string of the molecule is Cc1ccc(OCCOC(F)(F)F)c(CNC(C)(C)C)c1. The van der Waals surface area contributed by atoms with Gasteiger partial charge in [0.05, 0.1) is 6.61 Å². The first-order chi connectivity index (χ1) is 9.57. The van der Waals surface area contributed by atoms with E-state index in [1.165, 1.54) is 0 Å². The number of ether oxygens (including phenoxy) is 2. The highest BCUT2D eigenvalue weighted by Crippen LogP contribution is 2.21. The summed E-state index contributed by atoms with van der Waals surface area (Å²) in [6.45, 7) is 7.99. The fourth-order valence-electron chi connectivity index (χ4n) is 1.66. The van der Waals surface area contributed by atoms with Gasteiger partial charge in [-0.25, -0.2) is 0 Å². The van der Waals surface area contributed by atoms with Gasteiger partial charge in [0.25, 0.3) is 0 Å². The molecule has 0 heterocycles. The van der Waals surface area contributed by atoms with Crippen LogP contribution in [0.3, 0.4) is 0 Å². The van der Waals surface area contributed by atoms with Crippen molar-refractivity contribution in [3.63, 3.8) is 0 Å². The molecule has 0 saturated carbocycles. The van der Waals surface area contributed by atoms with Crippen LogP contribution in [0.5, 0.6) is 5.75 Å². The summed E-state index contributed by atoms with van der Waals surface area (Å²) in [5.74, 6) is 0.572. The van der Waals surface area contributed by atoms with Gasteiger partial charge in [0.2, 0.25) is 0 Å². The van der Waals surface area contributed by atoms with Crippen LogP contribution in [0, 0.1) is 6.92 Å². The third-order valence-electron chi connectivity index (χ3n) is 2.63. The molecule has 0 aromatic heterocycles. The summed E-state index contributed by atoms with van der Waals surface area (Å²) in [7, 11) is 0. The Kier molecular flexibility index (Phi) is 6.04. The van der Waals surface area contributed by atoms with E-state index in [0.717, 1.165) is 11.1 Å². The number of alkyl halides is 3. The van der Waals surface area contributed by atoms with Crippen molar-refractivity contribution in [3.05, 3.63) is 29.3 Å². The first-order valence-electron chi connectivity index (χ1n) is 6.75. The lowest BCUT2D eigenvalue weighted by Crippen LogP contribution is -2.35. The van der Waals surface area contributed by atoms with Crippen LogP contribution in [-0.2, 0) is 11.3 Å². The lowest BCUT2D eigenvalue weighted by molar-refractivity contribution is -0.325. The number of nitrogens with one attached hydrogen (secondary N) is 1. The van der Waals surface area contributed by atoms with Gasteiger partial charge in [-0.1, -0.05) is 17.7 Å². The zero-order chi connectivity index (χ0) is 16.1. The van der Waals surface area contributed by atoms with Crippen LogP contribution in [0.15, 0.2) is 18.2 Å². The van der Waals surface area contributed by atoms with E-state index in [4.69, 9.17) is 4.74 Å². The van der Waals surface area contributed by atoms with Crippen molar-refractivity contribution >= 4 is 0 Å². The molecule has 1 rings (SSSR count). The second-order valence-electron chi connectivity index (χ2n) is 5.86. The molecule has 0 bridgehead atoms. The van der Waals surface area contributed by atoms with E-state index in [2.05, 4.69) is 10.1 Å². The van der Waals surface area contributed by atoms with Crippen molar-refractivity contribution < 1.29 is 22.6 Å². The van der Waals surface area contributed by atoms with Gasteiger partial charge in [0.1, 0.15) is 12.4 Å². The molecule has 120 valence electrons. The van der Waals surface area contributed by atoms with Crippen molar-refractivity contribution in [2.45, 2.75) is 46.1 Å². The molecular formula is C15H22F3NO2. The number of hydrogen-bond donors (Lipinski definition) is 1. The van der Waals surface area contributed by atoms with E-state index < -0.39 is 13.0 Å². The zero-order valence-electron chi connectivity index (χ0n) is 12.8. The fraction of sp³-hybridized carbons (Fsp3) is 0.600. The number of benzene rings is 1. The number of rotatable bonds is 6. The van der Waals surface area contributed by atoms with Gasteiger partial charge in [0, 0.05) is 17.6 Å². The molecule has 21 heavy (non-hydrogen) atoms. The molecule has 0 aliphatic carbocycles. The largest absolute Gasteiger partial charge is 0.522 e. The van der Waals surface area contributed by atoms with E-state index in [0.29, 0.717) is 12.3 Å². The van der Waals surface area contributed by atoms with E-state index in [1.807, 2.05) is 39.8 Å². The smallest absolute Gasteiger partial charge is 0.491 e. The first kappa shape index (κ1) is 17.8. The van der Waals surface area contributed by atoms with Crippen molar-refractivity contribution in [3.8, 4) is 5.75 Å². The minimum atomic E-state index is -4.62. The highest BCUT2D eigenvalue weighted by molar-refractivity contribution is 5.37. The molecule has 0 fully saturated rings. The number of hydrogen-bond acceptors (Lipinski definition) is 3. The summed E-state index contributed by atoms with van der Waals surface area (Å²) in [6.07, 6.45) is -4.62. The molecule has 1 N–H and O–H groups in total. The van der Waals surface area contributed by atoms with Gasteiger partial charge < -0.3 is 10.1 Å². The maximum absolute atomic E-state index is 11.9. The van der Waals surface area contributed by atoms with E-state index >= 15 is 0 Å². The van der Waals surface area contributed by atoms with Gasteiger partial charge >= 0.3 is 6.36 Å². The predicted octanol–water partition coefficient (Wildman–Crippen LogP) is 3.80. The molecule has 0 amide bonds. The minimum Gasteiger partial charge on any atom is -0.491 e. The van der Waals surface area contributed by atoms with Gasteiger partial charge in [-0.2, -0.15) is 0 Å². The van der Waals surface area contributed by atoms with Gasteiger partial charge in [-0.05, 0) is 33.8 Å². The Labute approximate surface area is 123 Å². The van der Waals surface area contributed by atoms with Crippen LogP contribution in [-0.4, -0.2) is 25.1 Å². The maximum Gasteiger partial charge on any atom is 0.522 e. The topological polar surface area (TPSA) is 30.5 Å². The highest BCUT2D eigenvalue weighted by Gasteiger charge is 2.28. The molecule has 0 aliphatic heterocycles. The molecule has 3 nitrogen and oxygen atoms in total. The van der Waals surface area contributed by atoms with Crippen LogP contribution in [0.4, 0.5) is 13.2 Å². The average Bonchev–Trinajstić information content (AvgIpc) is 2.31. The van der Waals surface area contributed by atoms with E-state index in [-0.39, 0.29) is 12.1 Å². The second-order valence-corrected chi connectivity index (χ2v) is 5.86. The Morgan fingerprint density at radius 3 is 2.33 bits per heavy atom. The molecule has 6 heteroatoms. The molecule has 0 atom stereocenters.